The Kier molecular flexibility index (Phi) is 4.83. The molecule has 2 aliphatic rings. The van der Waals surface area contributed by atoms with Crippen LogP contribution in [0.25, 0.3) is 0 Å². The zero-order valence-electron chi connectivity index (χ0n) is 13.8. The summed E-state index contributed by atoms with van der Waals surface area (Å²) < 4.78 is 7.44. The average Bonchev–Trinajstić information content (AvgIpc) is 3.21. The van der Waals surface area contributed by atoms with E-state index in [4.69, 9.17) is 16.3 Å². The summed E-state index contributed by atoms with van der Waals surface area (Å²) in [4.78, 5) is 23.8. The Labute approximate surface area is 145 Å². The van der Waals surface area contributed by atoms with Crippen molar-refractivity contribution < 1.29 is 19.4 Å². The predicted molar refractivity (Wildman–Crippen MR) is 86.8 cm³/mol. The highest BCUT2D eigenvalue weighted by molar-refractivity contribution is 6.31. The number of hydrogen-bond donors (Lipinski definition) is 2. The van der Waals surface area contributed by atoms with Crippen LogP contribution < -0.4 is 5.32 Å². The minimum atomic E-state index is -0.945. The SMILES string of the molecule is Cc1nn(CCCNC(=O)[C@@H]2[C@@H](C(=O)O)[C@@H]3CC[C@H]2O3)c(C)c1Cl. The lowest BCUT2D eigenvalue weighted by atomic mass is 9.79. The van der Waals surface area contributed by atoms with Crippen LogP contribution in [-0.2, 0) is 20.9 Å². The summed E-state index contributed by atoms with van der Waals surface area (Å²) in [5, 5.41) is 17.2. The molecule has 0 radical (unpaired) electrons. The number of nitrogens with one attached hydrogen (secondary N) is 1. The largest absolute Gasteiger partial charge is 0.481 e. The summed E-state index contributed by atoms with van der Waals surface area (Å²) in [7, 11) is 0. The van der Waals surface area contributed by atoms with E-state index < -0.39 is 17.8 Å². The number of amides is 1. The number of halogens is 1. The second kappa shape index (κ2) is 6.72. The van der Waals surface area contributed by atoms with Gasteiger partial charge in [0, 0.05) is 13.1 Å². The first-order chi connectivity index (χ1) is 11.4. The molecule has 4 atom stereocenters. The lowest BCUT2D eigenvalue weighted by Gasteiger charge is -2.23. The number of fused-ring (bicyclic) bond motifs is 2. The van der Waals surface area contributed by atoms with Crippen LogP contribution in [0.1, 0.15) is 30.7 Å². The molecular formula is C16H22ClN3O4. The van der Waals surface area contributed by atoms with E-state index in [-0.39, 0.29) is 18.1 Å². The lowest BCUT2D eigenvalue weighted by Crippen LogP contribution is -2.44. The Bertz CT molecular complexity index is 660. The van der Waals surface area contributed by atoms with Crippen molar-refractivity contribution in [2.75, 3.05) is 6.54 Å². The third-order valence-electron chi connectivity index (χ3n) is 5.00. The van der Waals surface area contributed by atoms with Crippen LogP contribution in [0.3, 0.4) is 0 Å². The highest BCUT2D eigenvalue weighted by atomic mass is 35.5. The van der Waals surface area contributed by atoms with Gasteiger partial charge < -0.3 is 15.2 Å². The summed E-state index contributed by atoms with van der Waals surface area (Å²) in [6, 6.07) is 0. The topological polar surface area (TPSA) is 93.5 Å². The summed E-state index contributed by atoms with van der Waals surface area (Å²) in [6.45, 7) is 4.88. The van der Waals surface area contributed by atoms with Gasteiger partial charge in [0.1, 0.15) is 0 Å². The first kappa shape index (κ1) is 17.2. The number of carbonyl (C=O) groups is 2. The van der Waals surface area contributed by atoms with E-state index in [1.165, 1.54) is 0 Å². The highest BCUT2D eigenvalue weighted by Gasteiger charge is 2.55. The Morgan fingerprint density at radius 1 is 1.33 bits per heavy atom. The van der Waals surface area contributed by atoms with Crippen LogP contribution in [0.15, 0.2) is 0 Å². The number of carboxylic acid groups (broad SMARTS) is 1. The fraction of sp³-hybridized carbons (Fsp3) is 0.688. The summed E-state index contributed by atoms with van der Waals surface area (Å²) >= 11 is 6.11. The van der Waals surface area contributed by atoms with E-state index in [0.29, 0.717) is 24.5 Å². The van der Waals surface area contributed by atoms with Gasteiger partial charge in [0.2, 0.25) is 5.91 Å². The number of ether oxygens (including phenoxy) is 1. The summed E-state index contributed by atoms with van der Waals surface area (Å²) in [6.07, 6.45) is 1.61. The molecule has 1 aromatic rings. The lowest BCUT2D eigenvalue weighted by molar-refractivity contribution is -0.147. The second-order valence-electron chi connectivity index (χ2n) is 6.53. The van der Waals surface area contributed by atoms with Gasteiger partial charge in [-0.3, -0.25) is 14.3 Å². The Morgan fingerprint density at radius 2 is 2.00 bits per heavy atom. The monoisotopic (exact) mass is 355 g/mol. The third kappa shape index (κ3) is 3.02. The van der Waals surface area contributed by atoms with E-state index in [1.807, 2.05) is 18.5 Å². The smallest absolute Gasteiger partial charge is 0.310 e. The Morgan fingerprint density at radius 3 is 2.58 bits per heavy atom. The van der Waals surface area contributed by atoms with Crippen LogP contribution in [0.2, 0.25) is 5.02 Å². The number of aromatic nitrogens is 2. The van der Waals surface area contributed by atoms with Crippen LogP contribution in [-0.4, -0.2) is 45.5 Å². The zero-order chi connectivity index (χ0) is 17.4. The molecule has 0 spiro atoms. The standard InChI is InChI=1S/C16H22ClN3O4/c1-8-14(17)9(2)20(19-8)7-3-6-18-15(21)12-10-4-5-11(24-10)13(12)16(22)23/h10-13H,3-7H2,1-2H3,(H,18,21)(H,22,23)/t10-,11+,12+,13+/m1/s1. The van der Waals surface area contributed by atoms with Crippen LogP contribution >= 0.6 is 11.6 Å². The molecule has 2 N–H and O–H groups in total. The molecule has 0 unspecified atom stereocenters. The summed E-state index contributed by atoms with van der Waals surface area (Å²) in [5.74, 6) is -2.47. The van der Waals surface area contributed by atoms with Crippen molar-refractivity contribution in [3.05, 3.63) is 16.4 Å². The van der Waals surface area contributed by atoms with Crippen molar-refractivity contribution in [1.29, 1.82) is 0 Å². The maximum Gasteiger partial charge on any atom is 0.310 e. The molecule has 24 heavy (non-hydrogen) atoms. The van der Waals surface area contributed by atoms with Gasteiger partial charge in [-0.15, -0.1) is 0 Å². The number of nitrogens with zero attached hydrogens (tertiary/aromatic N) is 2. The first-order valence-electron chi connectivity index (χ1n) is 8.25. The number of carboxylic acids is 1. The fourth-order valence-corrected chi connectivity index (χ4v) is 3.91. The Hall–Kier alpha value is -1.60. The molecule has 0 aromatic carbocycles. The van der Waals surface area contributed by atoms with Crippen molar-refractivity contribution in [3.8, 4) is 0 Å². The molecule has 0 saturated carbocycles. The minimum absolute atomic E-state index is 0.221. The van der Waals surface area contributed by atoms with Gasteiger partial charge in [-0.1, -0.05) is 11.6 Å². The molecule has 2 bridgehead atoms. The van der Waals surface area contributed by atoms with E-state index in [9.17, 15) is 14.7 Å². The number of aliphatic carboxylic acids is 1. The molecule has 2 saturated heterocycles. The van der Waals surface area contributed by atoms with E-state index >= 15 is 0 Å². The minimum Gasteiger partial charge on any atom is -0.481 e. The highest BCUT2D eigenvalue weighted by Crippen LogP contribution is 2.43. The van der Waals surface area contributed by atoms with Gasteiger partial charge in [0.05, 0.1) is 40.5 Å². The molecule has 2 aliphatic heterocycles. The van der Waals surface area contributed by atoms with Crippen molar-refractivity contribution >= 4 is 23.5 Å². The Balaban J connectivity index is 1.51. The molecular weight excluding hydrogens is 334 g/mol. The predicted octanol–water partition coefficient (Wildman–Crippen LogP) is 1.54. The molecule has 132 valence electrons. The second-order valence-corrected chi connectivity index (χ2v) is 6.91. The molecule has 1 amide bonds. The van der Waals surface area contributed by atoms with Gasteiger partial charge in [-0.25, -0.2) is 0 Å². The van der Waals surface area contributed by atoms with Crippen LogP contribution in [0.5, 0.6) is 0 Å². The molecule has 3 heterocycles. The fourth-order valence-electron chi connectivity index (χ4n) is 3.78. The van der Waals surface area contributed by atoms with Crippen molar-refractivity contribution in [2.24, 2.45) is 11.8 Å². The maximum absolute atomic E-state index is 12.4. The average molecular weight is 356 g/mol. The van der Waals surface area contributed by atoms with Gasteiger partial charge in [0.25, 0.3) is 0 Å². The number of rotatable bonds is 6. The van der Waals surface area contributed by atoms with E-state index in [1.54, 1.807) is 0 Å². The summed E-state index contributed by atoms with van der Waals surface area (Å²) in [5.41, 5.74) is 1.70. The van der Waals surface area contributed by atoms with Crippen molar-refractivity contribution in [3.63, 3.8) is 0 Å². The molecule has 0 aliphatic carbocycles. The van der Waals surface area contributed by atoms with Gasteiger partial charge in [-0.2, -0.15) is 5.10 Å². The quantitative estimate of drug-likeness (QED) is 0.755. The van der Waals surface area contributed by atoms with E-state index in [2.05, 4.69) is 10.4 Å². The molecule has 7 nitrogen and oxygen atoms in total. The molecule has 2 fully saturated rings. The van der Waals surface area contributed by atoms with Gasteiger partial charge in [-0.05, 0) is 33.1 Å². The van der Waals surface area contributed by atoms with Crippen molar-refractivity contribution in [1.82, 2.24) is 15.1 Å². The molecule has 3 rings (SSSR count). The molecule has 1 aromatic heterocycles. The number of aryl methyl sites for hydroxylation is 2. The number of carbonyl (C=O) groups excluding carboxylic acids is 1. The van der Waals surface area contributed by atoms with E-state index in [0.717, 1.165) is 24.2 Å². The third-order valence-corrected chi connectivity index (χ3v) is 5.55. The molecule has 8 heteroatoms. The van der Waals surface area contributed by atoms with Crippen molar-refractivity contribution in [2.45, 2.75) is 51.9 Å². The van der Waals surface area contributed by atoms with Crippen LogP contribution in [0, 0.1) is 25.7 Å². The first-order valence-corrected chi connectivity index (χ1v) is 8.63. The van der Waals surface area contributed by atoms with Crippen LogP contribution in [0.4, 0.5) is 0 Å². The van der Waals surface area contributed by atoms with Gasteiger partial charge >= 0.3 is 5.97 Å². The maximum atomic E-state index is 12.4. The van der Waals surface area contributed by atoms with Gasteiger partial charge in [0.15, 0.2) is 0 Å². The zero-order valence-corrected chi connectivity index (χ0v) is 14.5. The normalized spacial score (nSPS) is 28.3. The number of hydrogen-bond acceptors (Lipinski definition) is 4.